The minimum Gasteiger partial charge on any atom is -0.326 e. The molecule has 7 heteroatoms. The number of nitrogens with zero attached hydrogens (tertiary/aromatic N) is 3. The molecule has 5 nitrogen and oxygen atoms in total. The third kappa shape index (κ3) is 3.88. The topological polar surface area (TPSA) is 59.3 Å². The minimum atomic E-state index is -0.907. The molecule has 140 valence electrons. The molecule has 0 saturated carbocycles. The number of imidazole rings is 1. The van der Waals surface area contributed by atoms with Gasteiger partial charge in [-0.2, -0.15) is 0 Å². The molecule has 2 heterocycles. The van der Waals surface area contributed by atoms with Crippen LogP contribution in [0.3, 0.4) is 0 Å². The number of aryl methyl sites for hydroxylation is 1. The van der Waals surface area contributed by atoms with Crippen molar-refractivity contribution < 1.29 is 13.6 Å². The van der Waals surface area contributed by atoms with Gasteiger partial charge in [-0.1, -0.05) is 18.2 Å². The molecule has 0 aliphatic carbocycles. The molecule has 0 aliphatic rings. The highest BCUT2D eigenvalue weighted by Gasteiger charge is 2.08. The van der Waals surface area contributed by atoms with Crippen LogP contribution in [0.4, 0.5) is 14.5 Å². The van der Waals surface area contributed by atoms with Gasteiger partial charge in [-0.15, -0.1) is 0 Å². The summed E-state index contributed by atoms with van der Waals surface area (Å²) in [5.41, 5.74) is 2.92. The first-order valence-corrected chi connectivity index (χ1v) is 8.72. The van der Waals surface area contributed by atoms with Gasteiger partial charge in [-0.3, -0.25) is 9.20 Å². The van der Waals surface area contributed by atoms with Crippen LogP contribution in [0.15, 0.2) is 67.1 Å². The average Bonchev–Trinajstić information content (AvgIpc) is 3.14. The van der Waals surface area contributed by atoms with E-state index in [0.29, 0.717) is 23.4 Å². The van der Waals surface area contributed by atoms with Crippen LogP contribution in [0.1, 0.15) is 12.0 Å². The fraction of sp³-hybridized carbons (Fsp3) is 0.0952. The molecular weight excluding hydrogens is 362 g/mol. The number of carbonyl (C=O) groups excluding carboxylic acids is 1. The minimum absolute atomic E-state index is 0.172. The van der Waals surface area contributed by atoms with Crippen LogP contribution >= 0.6 is 0 Å². The maximum absolute atomic E-state index is 13.2. The fourth-order valence-electron chi connectivity index (χ4n) is 2.87. The highest BCUT2D eigenvalue weighted by atomic mass is 19.2. The van der Waals surface area contributed by atoms with Gasteiger partial charge in [0.05, 0.1) is 5.69 Å². The highest BCUT2D eigenvalue weighted by Crippen LogP contribution is 2.21. The van der Waals surface area contributed by atoms with Crippen LogP contribution < -0.4 is 5.32 Å². The van der Waals surface area contributed by atoms with Gasteiger partial charge in [0.1, 0.15) is 0 Å². The lowest BCUT2D eigenvalue weighted by Crippen LogP contribution is -2.12. The van der Waals surface area contributed by atoms with E-state index >= 15 is 0 Å². The molecule has 4 aromatic rings. The van der Waals surface area contributed by atoms with Gasteiger partial charge in [0.15, 0.2) is 11.6 Å². The van der Waals surface area contributed by atoms with Gasteiger partial charge in [0, 0.05) is 36.3 Å². The van der Waals surface area contributed by atoms with E-state index in [1.807, 2.05) is 35.0 Å². The molecule has 2 aromatic carbocycles. The number of hydrogen-bond acceptors (Lipinski definition) is 3. The quantitative estimate of drug-likeness (QED) is 0.565. The number of anilines is 1. The Balaban J connectivity index is 1.38. The van der Waals surface area contributed by atoms with E-state index in [1.165, 1.54) is 6.07 Å². The third-order valence-electron chi connectivity index (χ3n) is 4.32. The standard InChI is InChI=1S/C21H16F2N4O/c22-17-8-2-14(12-18(17)23)3-9-20(28)25-16-6-4-15(5-7-16)19-13-27-11-1-10-24-21(27)26-19/h1-2,4-8,10-13H,3,9H2,(H,25,28). The number of halogens is 2. The van der Waals surface area contributed by atoms with E-state index in [2.05, 4.69) is 15.3 Å². The Morgan fingerprint density at radius 1 is 1.07 bits per heavy atom. The van der Waals surface area contributed by atoms with Crippen LogP contribution in [0, 0.1) is 11.6 Å². The smallest absolute Gasteiger partial charge is 0.234 e. The number of nitrogens with one attached hydrogen (secondary N) is 1. The zero-order valence-corrected chi connectivity index (χ0v) is 14.8. The summed E-state index contributed by atoms with van der Waals surface area (Å²) in [6.07, 6.45) is 5.95. The zero-order valence-electron chi connectivity index (χ0n) is 14.8. The molecule has 28 heavy (non-hydrogen) atoms. The summed E-state index contributed by atoms with van der Waals surface area (Å²) < 4.78 is 28.0. The van der Waals surface area contributed by atoms with E-state index in [-0.39, 0.29) is 12.3 Å². The van der Waals surface area contributed by atoms with Gasteiger partial charge in [0.25, 0.3) is 0 Å². The second-order valence-corrected chi connectivity index (χ2v) is 6.33. The van der Waals surface area contributed by atoms with Gasteiger partial charge < -0.3 is 5.32 Å². The molecule has 0 unspecified atom stereocenters. The van der Waals surface area contributed by atoms with E-state index in [0.717, 1.165) is 23.4 Å². The third-order valence-corrected chi connectivity index (χ3v) is 4.32. The number of fused-ring (bicyclic) bond motifs is 1. The molecule has 0 aliphatic heterocycles. The first-order valence-electron chi connectivity index (χ1n) is 8.72. The molecule has 0 spiro atoms. The number of rotatable bonds is 5. The van der Waals surface area contributed by atoms with Crippen molar-refractivity contribution in [2.75, 3.05) is 5.32 Å². The predicted molar refractivity (Wildman–Crippen MR) is 102 cm³/mol. The van der Waals surface area contributed by atoms with Crippen molar-refractivity contribution in [1.29, 1.82) is 0 Å². The molecule has 1 N–H and O–H groups in total. The number of carbonyl (C=O) groups is 1. The summed E-state index contributed by atoms with van der Waals surface area (Å²) in [6, 6.07) is 12.8. The predicted octanol–water partition coefficient (Wildman–Crippen LogP) is 4.25. The van der Waals surface area contributed by atoms with E-state index < -0.39 is 11.6 Å². The summed E-state index contributed by atoms with van der Waals surface area (Å²) in [5.74, 6) is -1.38. The molecule has 1 amide bonds. The SMILES string of the molecule is O=C(CCc1ccc(F)c(F)c1)Nc1ccc(-c2cn3cccnc3n2)cc1. The van der Waals surface area contributed by atoms with Crippen molar-refractivity contribution in [3.8, 4) is 11.3 Å². The van der Waals surface area contributed by atoms with Gasteiger partial charge in [-0.05, 0) is 42.3 Å². The van der Waals surface area contributed by atoms with Crippen molar-refractivity contribution in [1.82, 2.24) is 14.4 Å². The normalized spacial score (nSPS) is 10.9. The Bertz CT molecular complexity index is 1110. The van der Waals surface area contributed by atoms with Crippen LogP contribution in [-0.2, 0) is 11.2 Å². The van der Waals surface area contributed by atoms with Gasteiger partial charge in [0.2, 0.25) is 11.7 Å². The van der Waals surface area contributed by atoms with Gasteiger partial charge >= 0.3 is 0 Å². The van der Waals surface area contributed by atoms with Crippen LogP contribution in [0.25, 0.3) is 17.0 Å². The van der Waals surface area contributed by atoms with Crippen LogP contribution in [-0.4, -0.2) is 20.3 Å². The molecule has 0 saturated heterocycles. The number of amides is 1. The molecule has 0 bridgehead atoms. The van der Waals surface area contributed by atoms with Gasteiger partial charge in [-0.25, -0.2) is 18.7 Å². The maximum atomic E-state index is 13.2. The van der Waals surface area contributed by atoms with Crippen molar-refractivity contribution in [3.05, 3.63) is 84.3 Å². The monoisotopic (exact) mass is 378 g/mol. The lowest BCUT2D eigenvalue weighted by atomic mass is 10.1. The lowest BCUT2D eigenvalue weighted by Gasteiger charge is -2.06. The molecular formula is C21H16F2N4O. The fourth-order valence-corrected chi connectivity index (χ4v) is 2.87. The first kappa shape index (κ1) is 17.8. The van der Waals surface area contributed by atoms with E-state index in [9.17, 15) is 13.6 Å². The summed E-state index contributed by atoms with van der Waals surface area (Å²) in [4.78, 5) is 20.8. The summed E-state index contributed by atoms with van der Waals surface area (Å²) in [5, 5.41) is 2.80. The Morgan fingerprint density at radius 2 is 1.89 bits per heavy atom. The Hall–Kier alpha value is -3.61. The largest absolute Gasteiger partial charge is 0.326 e. The molecule has 2 aromatic heterocycles. The molecule has 0 atom stereocenters. The Morgan fingerprint density at radius 3 is 2.64 bits per heavy atom. The first-order chi connectivity index (χ1) is 13.6. The second kappa shape index (κ2) is 7.56. The van der Waals surface area contributed by atoms with Crippen LogP contribution in [0.2, 0.25) is 0 Å². The number of hydrogen-bond donors (Lipinski definition) is 1. The Kier molecular flexibility index (Phi) is 4.80. The van der Waals surface area contributed by atoms with Crippen molar-refractivity contribution >= 4 is 17.4 Å². The molecule has 4 rings (SSSR count). The average molecular weight is 378 g/mol. The highest BCUT2D eigenvalue weighted by molar-refractivity contribution is 5.91. The maximum Gasteiger partial charge on any atom is 0.234 e. The van der Waals surface area contributed by atoms with Crippen molar-refractivity contribution in [2.24, 2.45) is 0 Å². The van der Waals surface area contributed by atoms with Crippen molar-refractivity contribution in [2.45, 2.75) is 12.8 Å². The summed E-state index contributed by atoms with van der Waals surface area (Å²) in [6.45, 7) is 0. The second-order valence-electron chi connectivity index (χ2n) is 6.33. The summed E-state index contributed by atoms with van der Waals surface area (Å²) in [7, 11) is 0. The van der Waals surface area contributed by atoms with Crippen LogP contribution in [0.5, 0.6) is 0 Å². The van der Waals surface area contributed by atoms with E-state index in [4.69, 9.17) is 0 Å². The Labute approximate surface area is 159 Å². The molecule has 0 radical (unpaired) electrons. The lowest BCUT2D eigenvalue weighted by molar-refractivity contribution is -0.116. The summed E-state index contributed by atoms with van der Waals surface area (Å²) >= 11 is 0. The number of benzene rings is 2. The van der Waals surface area contributed by atoms with E-state index in [1.54, 1.807) is 18.3 Å². The van der Waals surface area contributed by atoms with Crippen molar-refractivity contribution in [3.63, 3.8) is 0 Å². The zero-order chi connectivity index (χ0) is 19.5. The molecule has 0 fully saturated rings. The number of aromatic nitrogens is 3.